The fourth-order valence-corrected chi connectivity index (χ4v) is 1.63. The van der Waals surface area contributed by atoms with Crippen LogP contribution in [-0.4, -0.2) is 30.3 Å². The van der Waals surface area contributed by atoms with E-state index in [0.29, 0.717) is 12.5 Å². The van der Waals surface area contributed by atoms with Gasteiger partial charge in [-0.05, 0) is 30.0 Å². The molecule has 0 spiro atoms. The van der Waals surface area contributed by atoms with Crippen molar-refractivity contribution in [2.75, 3.05) is 25.0 Å². The fraction of sp³-hybridized carbons (Fsp3) is 0.692. The molecule has 0 fully saturated rings. The van der Waals surface area contributed by atoms with Gasteiger partial charge in [0.15, 0.2) is 5.82 Å². The maximum Gasteiger partial charge on any atom is 0.151 e. The van der Waals surface area contributed by atoms with Gasteiger partial charge in [-0.1, -0.05) is 27.7 Å². The highest BCUT2D eigenvalue weighted by Crippen LogP contribution is 2.19. The van der Waals surface area contributed by atoms with Crippen molar-refractivity contribution in [3.8, 4) is 0 Å². The lowest BCUT2D eigenvalue weighted by molar-refractivity contribution is 0.384. The Morgan fingerprint density at radius 2 is 1.94 bits per heavy atom. The lowest BCUT2D eigenvalue weighted by Gasteiger charge is -2.29. The summed E-state index contributed by atoms with van der Waals surface area (Å²) in [6, 6.07) is 4.06. The zero-order valence-electron chi connectivity index (χ0n) is 11.6. The van der Waals surface area contributed by atoms with Gasteiger partial charge in [-0.2, -0.15) is 5.10 Å². The smallest absolute Gasteiger partial charge is 0.151 e. The van der Waals surface area contributed by atoms with Gasteiger partial charge < -0.3 is 10.6 Å². The molecule has 1 aromatic heterocycles. The number of nitrogens with two attached hydrogens (primary N) is 1. The van der Waals surface area contributed by atoms with E-state index < -0.39 is 0 Å². The second-order valence-corrected chi connectivity index (χ2v) is 5.70. The van der Waals surface area contributed by atoms with Crippen LogP contribution in [0.5, 0.6) is 0 Å². The van der Waals surface area contributed by atoms with Crippen molar-refractivity contribution in [2.45, 2.75) is 33.6 Å². The van der Waals surface area contributed by atoms with Crippen LogP contribution in [0.2, 0.25) is 0 Å². The van der Waals surface area contributed by atoms with Crippen LogP contribution in [0.3, 0.4) is 0 Å². The van der Waals surface area contributed by atoms with Gasteiger partial charge in [0.1, 0.15) is 0 Å². The summed E-state index contributed by atoms with van der Waals surface area (Å²) in [6.45, 7) is 10.1. The molecule has 1 heterocycles. The first-order chi connectivity index (χ1) is 7.85. The second-order valence-electron chi connectivity index (χ2n) is 5.70. The minimum atomic E-state index is 0.0904. The Balaban J connectivity index is 2.73. The van der Waals surface area contributed by atoms with E-state index in [-0.39, 0.29) is 5.41 Å². The summed E-state index contributed by atoms with van der Waals surface area (Å²) in [4.78, 5) is 2.10. The lowest BCUT2D eigenvalue weighted by Crippen LogP contribution is -2.37. The van der Waals surface area contributed by atoms with E-state index in [4.69, 9.17) is 5.73 Å². The SMILES string of the molecule is CC(C)c1ccc(N(C)CC(C)(C)CN)nn1. The second kappa shape index (κ2) is 5.45. The highest BCUT2D eigenvalue weighted by molar-refractivity contribution is 5.36. The molecule has 17 heavy (non-hydrogen) atoms. The normalized spacial score (nSPS) is 11.9. The summed E-state index contributed by atoms with van der Waals surface area (Å²) in [5.41, 5.74) is 6.85. The van der Waals surface area contributed by atoms with Crippen LogP contribution in [0.15, 0.2) is 12.1 Å². The molecule has 0 bridgehead atoms. The summed E-state index contributed by atoms with van der Waals surface area (Å²) in [7, 11) is 2.02. The van der Waals surface area contributed by atoms with E-state index in [9.17, 15) is 0 Å². The first-order valence-electron chi connectivity index (χ1n) is 6.10. The maximum absolute atomic E-state index is 5.73. The zero-order valence-corrected chi connectivity index (χ0v) is 11.6. The Kier molecular flexibility index (Phi) is 4.46. The molecule has 4 heteroatoms. The van der Waals surface area contributed by atoms with Crippen molar-refractivity contribution >= 4 is 5.82 Å². The van der Waals surface area contributed by atoms with Gasteiger partial charge in [0, 0.05) is 13.6 Å². The Hall–Kier alpha value is -1.16. The molecule has 0 aliphatic heterocycles. The van der Waals surface area contributed by atoms with Crippen molar-refractivity contribution in [1.82, 2.24) is 10.2 Å². The third-order valence-corrected chi connectivity index (χ3v) is 2.87. The fourth-order valence-electron chi connectivity index (χ4n) is 1.63. The zero-order chi connectivity index (χ0) is 13.1. The highest BCUT2D eigenvalue weighted by atomic mass is 15.2. The number of rotatable bonds is 5. The Morgan fingerprint density at radius 1 is 1.29 bits per heavy atom. The predicted octanol–water partition coefficient (Wildman–Crippen LogP) is 2.02. The lowest BCUT2D eigenvalue weighted by atomic mass is 9.93. The van der Waals surface area contributed by atoms with Crippen LogP contribution in [0.25, 0.3) is 0 Å². The van der Waals surface area contributed by atoms with Crippen molar-refractivity contribution in [3.05, 3.63) is 17.8 Å². The molecule has 2 N–H and O–H groups in total. The van der Waals surface area contributed by atoms with Crippen LogP contribution in [-0.2, 0) is 0 Å². The van der Waals surface area contributed by atoms with Crippen molar-refractivity contribution in [3.63, 3.8) is 0 Å². The number of anilines is 1. The third kappa shape index (κ3) is 3.97. The number of hydrogen-bond donors (Lipinski definition) is 1. The minimum Gasteiger partial charge on any atom is -0.358 e. The topological polar surface area (TPSA) is 55.0 Å². The van der Waals surface area contributed by atoms with Crippen molar-refractivity contribution < 1.29 is 0 Å². The van der Waals surface area contributed by atoms with Gasteiger partial charge in [0.2, 0.25) is 0 Å². The summed E-state index contributed by atoms with van der Waals surface area (Å²) >= 11 is 0. The van der Waals surface area contributed by atoms with Crippen LogP contribution in [0.4, 0.5) is 5.82 Å². The van der Waals surface area contributed by atoms with Crippen LogP contribution < -0.4 is 10.6 Å². The summed E-state index contributed by atoms with van der Waals surface area (Å²) < 4.78 is 0. The Labute approximate surface area is 104 Å². The van der Waals surface area contributed by atoms with E-state index in [1.54, 1.807) is 0 Å². The number of nitrogens with zero attached hydrogens (tertiary/aromatic N) is 3. The molecule has 0 aliphatic carbocycles. The first-order valence-corrected chi connectivity index (χ1v) is 6.10. The van der Waals surface area contributed by atoms with Gasteiger partial charge >= 0.3 is 0 Å². The molecule has 0 saturated carbocycles. The average Bonchev–Trinajstić information content (AvgIpc) is 2.28. The molecule has 1 rings (SSSR count). The Bertz CT molecular complexity index is 343. The van der Waals surface area contributed by atoms with Gasteiger partial charge in [-0.3, -0.25) is 0 Å². The molecule has 0 aliphatic rings. The summed E-state index contributed by atoms with van der Waals surface area (Å²) in [5, 5.41) is 8.49. The molecule has 0 unspecified atom stereocenters. The molecule has 96 valence electrons. The molecule has 0 atom stereocenters. The van der Waals surface area contributed by atoms with E-state index in [0.717, 1.165) is 18.1 Å². The van der Waals surface area contributed by atoms with E-state index >= 15 is 0 Å². The third-order valence-electron chi connectivity index (χ3n) is 2.87. The molecule has 4 nitrogen and oxygen atoms in total. The summed E-state index contributed by atoms with van der Waals surface area (Å²) in [6.07, 6.45) is 0. The molecule has 0 radical (unpaired) electrons. The average molecular weight is 236 g/mol. The minimum absolute atomic E-state index is 0.0904. The largest absolute Gasteiger partial charge is 0.358 e. The van der Waals surface area contributed by atoms with Gasteiger partial charge in [-0.15, -0.1) is 5.10 Å². The van der Waals surface area contributed by atoms with Crippen LogP contribution in [0.1, 0.15) is 39.3 Å². The molecule has 1 aromatic rings. The summed E-state index contributed by atoms with van der Waals surface area (Å²) in [5.74, 6) is 1.32. The Morgan fingerprint density at radius 3 is 2.35 bits per heavy atom. The monoisotopic (exact) mass is 236 g/mol. The highest BCUT2D eigenvalue weighted by Gasteiger charge is 2.19. The maximum atomic E-state index is 5.73. The van der Waals surface area contributed by atoms with E-state index in [1.165, 1.54) is 0 Å². The molecule has 0 amide bonds. The van der Waals surface area contributed by atoms with Crippen molar-refractivity contribution in [2.24, 2.45) is 11.1 Å². The molecule has 0 saturated heterocycles. The molecule has 0 aromatic carbocycles. The molecular formula is C13H24N4. The van der Waals surface area contributed by atoms with Gasteiger partial charge in [0.25, 0.3) is 0 Å². The van der Waals surface area contributed by atoms with Gasteiger partial charge in [-0.25, -0.2) is 0 Å². The predicted molar refractivity (Wildman–Crippen MR) is 72.2 cm³/mol. The van der Waals surface area contributed by atoms with Crippen LogP contribution in [0, 0.1) is 5.41 Å². The van der Waals surface area contributed by atoms with Crippen molar-refractivity contribution in [1.29, 1.82) is 0 Å². The first kappa shape index (κ1) is 13.9. The quantitative estimate of drug-likeness (QED) is 0.850. The van der Waals surface area contributed by atoms with Gasteiger partial charge in [0.05, 0.1) is 5.69 Å². The van der Waals surface area contributed by atoms with E-state index in [1.807, 2.05) is 19.2 Å². The van der Waals surface area contributed by atoms with Crippen LogP contribution >= 0.6 is 0 Å². The molecular weight excluding hydrogens is 212 g/mol. The standard InChI is InChI=1S/C13H24N4/c1-10(2)11-6-7-12(16-15-11)17(5)9-13(3,4)8-14/h6-7,10H,8-9,14H2,1-5H3. The van der Waals surface area contributed by atoms with E-state index in [2.05, 4.69) is 42.8 Å². The number of hydrogen-bond acceptors (Lipinski definition) is 4. The number of aromatic nitrogens is 2.